The van der Waals surface area contributed by atoms with Crippen molar-refractivity contribution in [3.8, 4) is 0 Å². The van der Waals surface area contributed by atoms with E-state index >= 15 is 0 Å². The first-order valence-electron chi connectivity index (χ1n) is 5.63. The Labute approximate surface area is 83.3 Å². The molecule has 0 aromatic heterocycles. The summed E-state index contributed by atoms with van der Waals surface area (Å²) in [7, 11) is 0. The summed E-state index contributed by atoms with van der Waals surface area (Å²) < 4.78 is 0. The molecule has 0 aromatic rings. The summed E-state index contributed by atoms with van der Waals surface area (Å²) in [5.74, 6) is 0.845. The van der Waals surface area contributed by atoms with Crippen molar-refractivity contribution < 1.29 is 0 Å². The normalized spacial score (nSPS) is 13.6. The minimum Gasteiger partial charge on any atom is -0.327 e. The zero-order valence-corrected chi connectivity index (χ0v) is 9.47. The van der Waals surface area contributed by atoms with Crippen molar-refractivity contribution in [2.45, 2.75) is 52.5 Å². The molecule has 13 heavy (non-hydrogen) atoms. The molecular weight excluding hydrogens is 160 g/mol. The first-order valence-corrected chi connectivity index (χ1v) is 5.63. The summed E-state index contributed by atoms with van der Waals surface area (Å²) in [5.41, 5.74) is 5.77. The third kappa shape index (κ3) is 9.84. The van der Waals surface area contributed by atoms with Crippen LogP contribution in [0.2, 0.25) is 0 Å². The van der Waals surface area contributed by atoms with Crippen molar-refractivity contribution in [1.82, 2.24) is 5.32 Å². The van der Waals surface area contributed by atoms with Crippen LogP contribution in [0.5, 0.6) is 0 Å². The maximum atomic E-state index is 5.77. The van der Waals surface area contributed by atoms with Crippen LogP contribution >= 0.6 is 0 Å². The average Bonchev–Trinajstić information content (AvgIpc) is 2.10. The molecule has 0 bridgehead atoms. The van der Waals surface area contributed by atoms with Gasteiger partial charge >= 0.3 is 0 Å². The van der Waals surface area contributed by atoms with E-state index in [1.165, 1.54) is 19.3 Å². The standard InChI is InChI=1S/C11H26N2/c1-4-11(12)9-13-8-6-5-7-10(2)3/h10-11,13H,4-9,12H2,1-3H3. The van der Waals surface area contributed by atoms with Gasteiger partial charge in [0, 0.05) is 12.6 Å². The zero-order valence-electron chi connectivity index (χ0n) is 9.47. The Balaban J connectivity index is 2.99. The van der Waals surface area contributed by atoms with E-state index in [0.29, 0.717) is 6.04 Å². The summed E-state index contributed by atoms with van der Waals surface area (Å²) in [6, 6.07) is 0.338. The molecule has 2 heteroatoms. The maximum Gasteiger partial charge on any atom is 0.0162 e. The van der Waals surface area contributed by atoms with Gasteiger partial charge in [0.25, 0.3) is 0 Å². The lowest BCUT2D eigenvalue weighted by molar-refractivity contribution is 0.504. The average molecular weight is 186 g/mol. The van der Waals surface area contributed by atoms with Crippen LogP contribution in [0.25, 0.3) is 0 Å². The predicted molar refractivity (Wildman–Crippen MR) is 59.8 cm³/mol. The second-order valence-electron chi connectivity index (χ2n) is 4.26. The second-order valence-corrected chi connectivity index (χ2v) is 4.26. The van der Waals surface area contributed by atoms with Crippen molar-refractivity contribution in [2.75, 3.05) is 13.1 Å². The highest BCUT2D eigenvalue weighted by molar-refractivity contribution is 4.61. The molecule has 0 saturated carbocycles. The van der Waals surface area contributed by atoms with Crippen LogP contribution in [0, 0.1) is 5.92 Å². The molecule has 0 aliphatic carbocycles. The van der Waals surface area contributed by atoms with Crippen molar-refractivity contribution >= 4 is 0 Å². The third-order valence-electron chi connectivity index (χ3n) is 2.32. The molecule has 0 aliphatic rings. The Morgan fingerprint density at radius 1 is 1.23 bits per heavy atom. The van der Waals surface area contributed by atoms with Gasteiger partial charge < -0.3 is 11.1 Å². The minimum absolute atomic E-state index is 0.338. The fourth-order valence-electron chi connectivity index (χ4n) is 1.23. The van der Waals surface area contributed by atoms with Gasteiger partial charge in [-0.3, -0.25) is 0 Å². The first-order chi connectivity index (χ1) is 6.16. The van der Waals surface area contributed by atoms with Crippen LogP contribution in [-0.4, -0.2) is 19.1 Å². The highest BCUT2D eigenvalue weighted by Crippen LogP contribution is 2.04. The van der Waals surface area contributed by atoms with Gasteiger partial charge in [0.05, 0.1) is 0 Å². The van der Waals surface area contributed by atoms with Crippen LogP contribution < -0.4 is 11.1 Å². The highest BCUT2D eigenvalue weighted by Gasteiger charge is 1.97. The molecule has 0 radical (unpaired) electrons. The van der Waals surface area contributed by atoms with Crippen LogP contribution in [0.4, 0.5) is 0 Å². The first kappa shape index (κ1) is 12.9. The number of nitrogens with two attached hydrogens (primary N) is 1. The molecule has 1 atom stereocenters. The molecule has 2 nitrogen and oxygen atoms in total. The van der Waals surface area contributed by atoms with Gasteiger partial charge in [-0.25, -0.2) is 0 Å². The minimum atomic E-state index is 0.338. The number of rotatable bonds is 8. The predicted octanol–water partition coefficient (Wildman–Crippen LogP) is 2.14. The molecule has 0 rings (SSSR count). The van der Waals surface area contributed by atoms with Crippen molar-refractivity contribution in [3.05, 3.63) is 0 Å². The van der Waals surface area contributed by atoms with Gasteiger partial charge in [-0.2, -0.15) is 0 Å². The Hall–Kier alpha value is -0.0800. The largest absolute Gasteiger partial charge is 0.327 e. The fraction of sp³-hybridized carbons (Fsp3) is 1.00. The van der Waals surface area contributed by atoms with E-state index < -0.39 is 0 Å². The second kappa shape index (κ2) is 8.52. The molecular formula is C11H26N2. The molecule has 0 saturated heterocycles. The van der Waals surface area contributed by atoms with Crippen LogP contribution in [-0.2, 0) is 0 Å². The molecule has 0 spiro atoms. The lowest BCUT2D eigenvalue weighted by Gasteiger charge is -2.10. The van der Waals surface area contributed by atoms with Gasteiger partial charge in [0.2, 0.25) is 0 Å². The quantitative estimate of drug-likeness (QED) is 0.570. The fourth-order valence-corrected chi connectivity index (χ4v) is 1.23. The number of nitrogens with one attached hydrogen (secondary N) is 1. The van der Waals surface area contributed by atoms with Crippen LogP contribution in [0.3, 0.4) is 0 Å². The highest BCUT2D eigenvalue weighted by atomic mass is 14.9. The van der Waals surface area contributed by atoms with Crippen LogP contribution in [0.1, 0.15) is 46.5 Å². The third-order valence-corrected chi connectivity index (χ3v) is 2.32. The maximum absolute atomic E-state index is 5.77. The SMILES string of the molecule is CCC(N)CNCCCCC(C)C. The molecule has 0 fully saturated rings. The summed E-state index contributed by atoms with van der Waals surface area (Å²) in [4.78, 5) is 0. The Morgan fingerprint density at radius 3 is 2.46 bits per heavy atom. The summed E-state index contributed by atoms with van der Waals surface area (Å²) in [6.45, 7) is 8.78. The van der Waals surface area contributed by atoms with E-state index in [9.17, 15) is 0 Å². The van der Waals surface area contributed by atoms with Gasteiger partial charge in [-0.05, 0) is 25.3 Å². The topological polar surface area (TPSA) is 38.0 Å². The lowest BCUT2D eigenvalue weighted by Crippen LogP contribution is -2.33. The van der Waals surface area contributed by atoms with E-state index in [4.69, 9.17) is 5.73 Å². The lowest BCUT2D eigenvalue weighted by atomic mass is 10.1. The van der Waals surface area contributed by atoms with E-state index in [1.807, 2.05) is 0 Å². The van der Waals surface area contributed by atoms with Gasteiger partial charge in [-0.15, -0.1) is 0 Å². The van der Waals surface area contributed by atoms with Crippen molar-refractivity contribution in [3.63, 3.8) is 0 Å². The van der Waals surface area contributed by atoms with Crippen molar-refractivity contribution in [2.24, 2.45) is 11.7 Å². The molecule has 1 unspecified atom stereocenters. The number of unbranched alkanes of at least 4 members (excludes halogenated alkanes) is 1. The number of hydrogen-bond donors (Lipinski definition) is 2. The Kier molecular flexibility index (Phi) is 8.46. The summed E-state index contributed by atoms with van der Waals surface area (Å²) in [6.07, 6.45) is 5.04. The van der Waals surface area contributed by atoms with Gasteiger partial charge in [0.15, 0.2) is 0 Å². The molecule has 3 N–H and O–H groups in total. The molecule has 0 aliphatic heterocycles. The van der Waals surface area contributed by atoms with Gasteiger partial charge in [0.1, 0.15) is 0 Å². The zero-order chi connectivity index (χ0) is 10.1. The molecule has 0 aromatic carbocycles. The molecule has 80 valence electrons. The van der Waals surface area contributed by atoms with Crippen molar-refractivity contribution in [1.29, 1.82) is 0 Å². The van der Waals surface area contributed by atoms with E-state index in [-0.39, 0.29) is 0 Å². The Morgan fingerprint density at radius 2 is 1.92 bits per heavy atom. The molecule has 0 amide bonds. The Bertz CT molecular complexity index is 102. The van der Waals surface area contributed by atoms with E-state index in [2.05, 4.69) is 26.1 Å². The van der Waals surface area contributed by atoms with E-state index in [0.717, 1.165) is 25.4 Å². The monoisotopic (exact) mass is 186 g/mol. The number of hydrogen-bond acceptors (Lipinski definition) is 2. The van der Waals surface area contributed by atoms with Gasteiger partial charge in [-0.1, -0.05) is 33.6 Å². The smallest absolute Gasteiger partial charge is 0.0162 e. The van der Waals surface area contributed by atoms with Crippen LogP contribution in [0.15, 0.2) is 0 Å². The summed E-state index contributed by atoms with van der Waals surface area (Å²) >= 11 is 0. The summed E-state index contributed by atoms with van der Waals surface area (Å²) in [5, 5.41) is 3.38. The van der Waals surface area contributed by atoms with E-state index in [1.54, 1.807) is 0 Å². The molecule has 0 heterocycles.